The molecule has 0 radical (unpaired) electrons. The zero-order valence-corrected chi connectivity index (χ0v) is 9.85. The van der Waals surface area contributed by atoms with Gasteiger partial charge < -0.3 is 9.47 Å². The van der Waals surface area contributed by atoms with Crippen LogP contribution < -0.4 is 0 Å². The van der Waals surface area contributed by atoms with E-state index in [4.69, 9.17) is 4.74 Å². The molecule has 0 amide bonds. The van der Waals surface area contributed by atoms with Crippen LogP contribution >= 0.6 is 11.8 Å². The second-order valence-electron chi connectivity index (χ2n) is 3.19. The molecule has 4 nitrogen and oxygen atoms in total. The maximum absolute atomic E-state index is 11.2. The fourth-order valence-corrected chi connectivity index (χ4v) is 2.54. The third-order valence-corrected chi connectivity index (χ3v) is 3.49. The van der Waals surface area contributed by atoms with E-state index in [1.165, 1.54) is 24.9 Å². The molecule has 0 fully saturated rings. The monoisotopic (exact) mass is 230 g/mol. The Morgan fingerprint density at radius 1 is 1.67 bits per heavy atom. The van der Waals surface area contributed by atoms with Gasteiger partial charge in [0, 0.05) is 6.08 Å². The lowest BCUT2D eigenvalue weighted by atomic mass is 10.1. The normalized spacial score (nSPS) is 24.7. The van der Waals surface area contributed by atoms with Gasteiger partial charge in [-0.15, -0.1) is 11.8 Å². The van der Waals surface area contributed by atoms with E-state index < -0.39 is 10.9 Å². The third-order valence-electron chi connectivity index (χ3n) is 2.18. The molecule has 1 aliphatic rings. The Bertz CT molecular complexity index is 311. The summed E-state index contributed by atoms with van der Waals surface area (Å²) in [6.07, 6.45) is 1.49. The largest absolute Gasteiger partial charge is 0.469 e. The molecule has 0 bridgehead atoms. The van der Waals surface area contributed by atoms with E-state index >= 15 is 0 Å². The fourth-order valence-electron chi connectivity index (χ4n) is 1.42. The highest BCUT2D eigenvalue weighted by Crippen LogP contribution is 2.41. The Balaban J connectivity index is 2.85. The summed E-state index contributed by atoms with van der Waals surface area (Å²) < 4.78 is 9.80. The highest BCUT2D eigenvalue weighted by Gasteiger charge is 2.43. The SMILES string of the molecule is CCSC1(CC(=O)OC)OC(=O)C=C1C. The molecule has 0 aliphatic carbocycles. The summed E-state index contributed by atoms with van der Waals surface area (Å²) in [5, 5.41) is 0. The molecule has 0 aromatic carbocycles. The molecule has 0 spiro atoms. The van der Waals surface area contributed by atoms with E-state index in [1.54, 1.807) is 6.92 Å². The van der Waals surface area contributed by atoms with Gasteiger partial charge in [-0.05, 0) is 18.2 Å². The summed E-state index contributed by atoms with van der Waals surface area (Å²) in [6.45, 7) is 3.74. The zero-order chi connectivity index (χ0) is 11.5. The van der Waals surface area contributed by atoms with Crippen LogP contribution in [-0.4, -0.2) is 29.7 Å². The van der Waals surface area contributed by atoms with Gasteiger partial charge >= 0.3 is 11.9 Å². The second-order valence-corrected chi connectivity index (χ2v) is 4.71. The van der Waals surface area contributed by atoms with Crippen LogP contribution in [0.25, 0.3) is 0 Å². The minimum Gasteiger partial charge on any atom is -0.469 e. The van der Waals surface area contributed by atoms with Crippen molar-refractivity contribution in [3.05, 3.63) is 11.6 Å². The summed E-state index contributed by atoms with van der Waals surface area (Å²) in [7, 11) is 1.32. The van der Waals surface area contributed by atoms with Crippen LogP contribution in [0, 0.1) is 0 Å². The Hall–Kier alpha value is -0.970. The molecule has 1 aliphatic heterocycles. The van der Waals surface area contributed by atoms with Gasteiger partial charge in [0.05, 0.1) is 13.5 Å². The lowest BCUT2D eigenvalue weighted by Crippen LogP contribution is -2.31. The number of rotatable bonds is 4. The van der Waals surface area contributed by atoms with Gasteiger partial charge in [0.1, 0.15) is 0 Å². The molecule has 5 heteroatoms. The van der Waals surface area contributed by atoms with Crippen molar-refractivity contribution < 1.29 is 19.1 Å². The standard InChI is InChI=1S/C10H14O4S/c1-4-15-10(6-9(12)13-3)7(2)5-8(11)14-10/h5H,4,6H2,1-3H3. The second kappa shape index (κ2) is 4.70. The van der Waals surface area contributed by atoms with Crippen molar-refractivity contribution in [2.75, 3.05) is 12.9 Å². The number of cyclic esters (lactones) is 1. The molecule has 0 aromatic rings. The first-order chi connectivity index (χ1) is 7.04. The van der Waals surface area contributed by atoms with Crippen LogP contribution in [0.5, 0.6) is 0 Å². The van der Waals surface area contributed by atoms with Crippen molar-refractivity contribution in [1.29, 1.82) is 0 Å². The smallest absolute Gasteiger partial charge is 0.332 e. The highest BCUT2D eigenvalue weighted by molar-refractivity contribution is 8.00. The van der Waals surface area contributed by atoms with E-state index in [-0.39, 0.29) is 12.4 Å². The third kappa shape index (κ3) is 2.53. The predicted molar refractivity (Wildman–Crippen MR) is 57.3 cm³/mol. The van der Waals surface area contributed by atoms with Crippen LogP contribution in [0.3, 0.4) is 0 Å². The molecule has 0 N–H and O–H groups in total. The summed E-state index contributed by atoms with van der Waals surface area (Å²) in [5.74, 6) is -0.00844. The highest BCUT2D eigenvalue weighted by atomic mass is 32.2. The van der Waals surface area contributed by atoms with Gasteiger partial charge in [-0.3, -0.25) is 4.79 Å². The van der Waals surface area contributed by atoms with E-state index in [9.17, 15) is 9.59 Å². The van der Waals surface area contributed by atoms with Crippen molar-refractivity contribution in [2.24, 2.45) is 0 Å². The fraction of sp³-hybridized carbons (Fsp3) is 0.600. The van der Waals surface area contributed by atoms with Gasteiger partial charge in [-0.2, -0.15) is 0 Å². The van der Waals surface area contributed by atoms with Crippen LogP contribution in [-0.2, 0) is 19.1 Å². The van der Waals surface area contributed by atoms with E-state index in [0.717, 1.165) is 11.3 Å². The maximum atomic E-state index is 11.2. The van der Waals surface area contributed by atoms with Crippen LogP contribution in [0.15, 0.2) is 11.6 Å². The topological polar surface area (TPSA) is 52.6 Å². The first-order valence-corrected chi connectivity index (χ1v) is 5.65. The number of hydrogen-bond donors (Lipinski definition) is 0. The molecule has 84 valence electrons. The number of carbonyl (C=O) groups excluding carboxylic acids is 2. The Labute approximate surface area is 93.0 Å². The lowest BCUT2D eigenvalue weighted by Gasteiger charge is -2.27. The van der Waals surface area contributed by atoms with Gasteiger partial charge in [0.25, 0.3) is 0 Å². The molecule has 0 saturated carbocycles. The Morgan fingerprint density at radius 2 is 2.33 bits per heavy atom. The van der Waals surface area contributed by atoms with Crippen LogP contribution in [0.2, 0.25) is 0 Å². The first kappa shape index (κ1) is 12.1. The van der Waals surface area contributed by atoms with Gasteiger partial charge in [-0.1, -0.05) is 6.92 Å². The number of carbonyl (C=O) groups is 2. The van der Waals surface area contributed by atoms with Crippen molar-refractivity contribution in [1.82, 2.24) is 0 Å². The summed E-state index contributed by atoms with van der Waals surface area (Å²) in [4.78, 5) is 21.5. The van der Waals surface area contributed by atoms with Gasteiger partial charge in [-0.25, -0.2) is 4.79 Å². The molecule has 1 atom stereocenters. The summed E-state index contributed by atoms with van der Waals surface area (Å²) in [5.41, 5.74) is 0.768. The van der Waals surface area contributed by atoms with Crippen molar-refractivity contribution >= 4 is 23.7 Å². The summed E-state index contributed by atoms with van der Waals surface area (Å²) in [6, 6.07) is 0. The average molecular weight is 230 g/mol. The van der Waals surface area contributed by atoms with E-state index in [0.29, 0.717) is 0 Å². The molecular weight excluding hydrogens is 216 g/mol. The number of esters is 2. The molecule has 0 aromatic heterocycles. The molecule has 1 heterocycles. The minimum absolute atomic E-state index is 0.0656. The van der Waals surface area contributed by atoms with Crippen LogP contribution in [0.4, 0.5) is 0 Å². The average Bonchev–Trinajstić information content (AvgIpc) is 2.42. The summed E-state index contributed by atoms with van der Waals surface area (Å²) >= 11 is 1.43. The maximum Gasteiger partial charge on any atom is 0.332 e. The van der Waals surface area contributed by atoms with E-state index in [1.807, 2.05) is 6.92 Å². The number of hydrogen-bond acceptors (Lipinski definition) is 5. The van der Waals surface area contributed by atoms with Crippen molar-refractivity contribution in [3.63, 3.8) is 0 Å². The zero-order valence-electron chi connectivity index (χ0n) is 9.03. The molecule has 1 unspecified atom stereocenters. The van der Waals surface area contributed by atoms with Crippen molar-refractivity contribution in [3.8, 4) is 0 Å². The molecule has 15 heavy (non-hydrogen) atoms. The lowest BCUT2D eigenvalue weighted by molar-refractivity contribution is -0.148. The van der Waals surface area contributed by atoms with Crippen LogP contribution in [0.1, 0.15) is 20.3 Å². The molecular formula is C10H14O4S. The number of ether oxygens (including phenoxy) is 2. The molecule has 0 saturated heterocycles. The quantitative estimate of drug-likeness (QED) is 0.685. The number of thioether (sulfide) groups is 1. The van der Waals surface area contributed by atoms with Gasteiger partial charge in [0.15, 0.2) is 4.93 Å². The Kier molecular flexibility index (Phi) is 3.79. The predicted octanol–water partition coefficient (Wildman–Crippen LogP) is 1.50. The molecule has 1 rings (SSSR count). The first-order valence-electron chi connectivity index (χ1n) is 4.66. The van der Waals surface area contributed by atoms with Gasteiger partial charge in [0.2, 0.25) is 0 Å². The minimum atomic E-state index is -0.848. The van der Waals surface area contributed by atoms with E-state index in [2.05, 4.69) is 4.74 Å². The Morgan fingerprint density at radius 3 is 2.73 bits per heavy atom. The number of methoxy groups -OCH3 is 1. The van der Waals surface area contributed by atoms with Crippen molar-refractivity contribution in [2.45, 2.75) is 25.2 Å².